The highest BCUT2D eigenvalue weighted by Gasteiger charge is 2.70. The SMILES string of the molecule is Cc1nnn(-c2ccc(S(=O)(=O)[C@@H]3C[C@@H](C(=O)NC4(C#N)CC4)N(C(=O)C4(C(F)(F)F)CC4)C3)c(Cl)c2)n1. The Morgan fingerprint density at radius 1 is 1.24 bits per heavy atom. The van der Waals surface area contributed by atoms with Gasteiger partial charge in [0.15, 0.2) is 15.7 Å². The van der Waals surface area contributed by atoms with Gasteiger partial charge in [-0.3, -0.25) is 9.59 Å². The first-order valence-electron chi connectivity index (χ1n) is 11.6. The van der Waals surface area contributed by atoms with Gasteiger partial charge in [-0.2, -0.15) is 18.4 Å². The number of hydrogen-bond acceptors (Lipinski definition) is 8. The summed E-state index contributed by atoms with van der Waals surface area (Å²) in [5.74, 6) is -1.82. The van der Waals surface area contributed by atoms with E-state index < -0.39 is 75.9 Å². The summed E-state index contributed by atoms with van der Waals surface area (Å²) in [5, 5.41) is 21.8. The number of aromatic nitrogens is 4. The quantitative estimate of drug-likeness (QED) is 0.552. The molecule has 2 heterocycles. The standard InChI is InChI=1S/C22H21ClF3N7O4S/c1-12-29-31-33(30-12)13-2-3-17(15(23)8-13)38(36,37)14-9-16(18(34)28-20(11-27)4-5-20)32(10-14)19(35)21(6-7-21)22(24,25)26/h2-3,8,14,16H,4-7,9-10H2,1H3,(H,28,34)/t14-,16+/m1/s1. The normalized spacial score (nSPS) is 23.5. The first-order chi connectivity index (χ1) is 17.7. The summed E-state index contributed by atoms with van der Waals surface area (Å²) in [6.07, 6.45) is -5.47. The molecule has 5 rings (SSSR count). The predicted octanol–water partition coefficient (Wildman–Crippen LogP) is 1.88. The fourth-order valence-corrected chi connectivity index (χ4v) is 6.88. The van der Waals surface area contributed by atoms with Gasteiger partial charge in [-0.15, -0.1) is 15.0 Å². The summed E-state index contributed by atoms with van der Waals surface area (Å²) in [6.45, 7) is 0.981. The third-order valence-corrected chi connectivity index (χ3v) is 9.87. The largest absolute Gasteiger partial charge is 0.403 e. The van der Waals surface area contributed by atoms with E-state index in [0.29, 0.717) is 29.3 Å². The molecule has 2 saturated carbocycles. The van der Waals surface area contributed by atoms with Gasteiger partial charge >= 0.3 is 6.18 Å². The van der Waals surface area contributed by atoms with E-state index in [1.807, 2.05) is 6.07 Å². The molecule has 3 aliphatic rings. The number of alkyl halides is 3. The van der Waals surface area contributed by atoms with Gasteiger partial charge < -0.3 is 10.2 Å². The molecule has 3 fully saturated rings. The molecular formula is C22H21ClF3N7O4S. The number of halogens is 4. The van der Waals surface area contributed by atoms with Crippen molar-refractivity contribution < 1.29 is 31.2 Å². The second kappa shape index (κ2) is 8.63. The zero-order valence-electron chi connectivity index (χ0n) is 19.9. The van der Waals surface area contributed by atoms with Gasteiger partial charge in [0.1, 0.15) is 17.0 Å². The van der Waals surface area contributed by atoms with Crippen LogP contribution in [0.3, 0.4) is 0 Å². The Kier molecular flexibility index (Phi) is 5.99. The Balaban J connectivity index is 1.45. The van der Waals surface area contributed by atoms with Crippen LogP contribution in [0.4, 0.5) is 13.2 Å². The van der Waals surface area contributed by atoms with Gasteiger partial charge in [-0.1, -0.05) is 11.6 Å². The summed E-state index contributed by atoms with van der Waals surface area (Å²) in [5.41, 5.74) is -3.47. The zero-order chi connectivity index (χ0) is 27.7. The number of benzene rings is 1. The average Bonchev–Trinajstić information content (AvgIpc) is 3.73. The number of carbonyl (C=O) groups is 2. The first kappa shape index (κ1) is 26.4. The molecule has 16 heteroatoms. The Labute approximate surface area is 219 Å². The van der Waals surface area contributed by atoms with Crippen molar-refractivity contribution in [1.29, 1.82) is 5.26 Å². The highest BCUT2D eigenvalue weighted by molar-refractivity contribution is 7.92. The van der Waals surface area contributed by atoms with E-state index >= 15 is 0 Å². The molecule has 2 amide bonds. The van der Waals surface area contributed by atoms with Crippen LogP contribution in [0.1, 0.15) is 37.9 Å². The summed E-state index contributed by atoms with van der Waals surface area (Å²) in [7, 11) is -4.31. The molecule has 38 heavy (non-hydrogen) atoms. The fourth-order valence-electron chi connectivity index (χ4n) is 4.64. The molecule has 2 atom stereocenters. The highest BCUT2D eigenvalue weighted by Crippen LogP contribution is 2.59. The summed E-state index contributed by atoms with van der Waals surface area (Å²) in [4.78, 5) is 27.7. The number of carbonyl (C=O) groups excluding carboxylic acids is 2. The molecule has 2 aromatic rings. The van der Waals surface area contributed by atoms with Crippen LogP contribution in [-0.4, -0.2) is 74.9 Å². The van der Waals surface area contributed by atoms with Crippen LogP contribution in [-0.2, 0) is 19.4 Å². The van der Waals surface area contributed by atoms with Crippen molar-refractivity contribution in [3.63, 3.8) is 0 Å². The molecule has 2 aliphatic carbocycles. The minimum absolute atomic E-state index is 0.196. The Bertz CT molecular complexity index is 1480. The van der Waals surface area contributed by atoms with Crippen molar-refractivity contribution in [1.82, 2.24) is 30.4 Å². The third-order valence-electron chi connectivity index (χ3n) is 7.26. The fraction of sp³-hybridized carbons (Fsp3) is 0.545. The lowest BCUT2D eigenvalue weighted by molar-refractivity contribution is -0.199. The van der Waals surface area contributed by atoms with E-state index in [1.54, 1.807) is 6.92 Å². The molecule has 1 aromatic carbocycles. The van der Waals surface area contributed by atoms with Crippen molar-refractivity contribution in [3.8, 4) is 11.8 Å². The number of hydrogen-bond donors (Lipinski definition) is 1. The number of nitrogens with zero attached hydrogens (tertiary/aromatic N) is 6. The minimum atomic E-state index is -4.85. The van der Waals surface area contributed by atoms with Gasteiger partial charge in [0, 0.05) is 6.54 Å². The van der Waals surface area contributed by atoms with E-state index in [1.165, 1.54) is 18.2 Å². The first-order valence-corrected chi connectivity index (χ1v) is 13.6. The number of sulfone groups is 1. The van der Waals surface area contributed by atoms with Crippen LogP contribution in [0.2, 0.25) is 5.02 Å². The van der Waals surface area contributed by atoms with E-state index in [-0.39, 0.29) is 9.92 Å². The Hall–Kier alpha value is -3.25. The molecule has 0 spiro atoms. The van der Waals surface area contributed by atoms with E-state index in [9.17, 15) is 36.4 Å². The maximum Gasteiger partial charge on any atom is 0.403 e. The van der Waals surface area contributed by atoms with Crippen LogP contribution < -0.4 is 5.32 Å². The van der Waals surface area contributed by atoms with Crippen LogP contribution in [0.5, 0.6) is 0 Å². The monoisotopic (exact) mass is 571 g/mol. The van der Waals surface area contributed by atoms with E-state index in [2.05, 4.69) is 20.7 Å². The smallest absolute Gasteiger partial charge is 0.336 e. The van der Waals surface area contributed by atoms with Gasteiger partial charge in [0.2, 0.25) is 11.8 Å². The highest BCUT2D eigenvalue weighted by atomic mass is 35.5. The molecule has 0 bridgehead atoms. The van der Waals surface area contributed by atoms with Crippen molar-refractivity contribution in [2.24, 2.45) is 5.41 Å². The molecule has 1 aliphatic heterocycles. The lowest BCUT2D eigenvalue weighted by Gasteiger charge is -2.29. The Morgan fingerprint density at radius 2 is 1.92 bits per heavy atom. The molecule has 202 valence electrons. The second-order valence-corrected chi connectivity index (χ2v) is 12.5. The van der Waals surface area contributed by atoms with Crippen LogP contribution in [0.25, 0.3) is 5.69 Å². The number of nitriles is 1. The number of rotatable bonds is 6. The maximum atomic E-state index is 13.7. The number of likely N-dealkylation sites (tertiary alicyclic amines) is 1. The number of amides is 2. The molecule has 0 radical (unpaired) electrons. The van der Waals surface area contributed by atoms with Crippen molar-refractivity contribution in [2.45, 2.75) is 66.9 Å². The number of aryl methyl sites for hydroxylation is 1. The molecule has 0 unspecified atom stereocenters. The summed E-state index contributed by atoms with van der Waals surface area (Å²) in [6, 6.07) is 4.34. The van der Waals surface area contributed by atoms with Crippen LogP contribution >= 0.6 is 11.6 Å². The minimum Gasteiger partial charge on any atom is -0.336 e. The predicted molar refractivity (Wildman–Crippen MR) is 123 cm³/mol. The van der Waals surface area contributed by atoms with Gasteiger partial charge in [-0.05, 0) is 62.4 Å². The van der Waals surface area contributed by atoms with E-state index in [4.69, 9.17) is 11.6 Å². The Morgan fingerprint density at radius 3 is 2.42 bits per heavy atom. The van der Waals surface area contributed by atoms with Crippen molar-refractivity contribution in [3.05, 3.63) is 29.0 Å². The van der Waals surface area contributed by atoms with Crippen LogP contribution in [0, 0.1) is 23.7 Å². The second-order valence-electron chi connectivity index (χ2n) is 9.88. The van der Waals surface area contributed by atoms with Gasteiger partial charge in [0.25, 0.3) is 0 Å². The maximum absolute atomic E-state index is 13.7. The lowest BCUT2D eigenvalue weighted by atomic mass is 10.0. The number of tetrazole rings is 1. The summed E-state index contributed by atoms with van der Waals surface area (Å²) < 4.78 is 68.4. The topological polar surface area (TPSA) is 151 Å². The molecule has 1 saturated heterocycles. The van der Waals surface area contributed by atoms with Gasteiger partial charge in [-0.25, -0.2) is 8.42 Å². The molecule has 1 N–H and O–H groups in total. The summed E-state index contributed by atoms with van der Waals surface area (Å²) >= 11 is 6.29. The average molecular weight is 572 g/mol. The van der Waals surface area contributed by atoms with Crippen LogP contribution in [0.15, 0.2) is 23.1 Å². The molecular weight excluding hydrogens is 551 g/mol. The lowest BCUT2D eigenvalue weighted by Crippen LogP contribution is -2.53. The zero-order valence-corrected chi connectivity index (χ0v) is 21.4. The number of nitrogens with one attached hydrogen (secondary N) is 1. The van der Waals surface area contributed by atoms with Gasteiger partial charge in [0.05, 0.1) is 26.9 Å². The van der Waals surface area contributed by atoms with Crippen molar-refractivity contribution >= 4 is 33.3 Å². The third kappa shape index (κ3) is 4.29. The molecule has 1 aromatic heterocycles. The van der Waals surface area contributed by atoms with E-state index in [0.717, 1.165) is 4.80 Å². The van der Waals surface area contributed by atoms with Crippen molar-refractivity contribution in [2.75, 3.05) is 6.54 Å². The molecule has 11 nitrogen and oxygen atoms in total.